The molecule has 1 saturated heterocycles. The second kappa shape index (κ2) is 7.41. The van der Waals surface area contributed by atoms with E-state index in [0.29, 0.717) is 12.8 Å². The van der Waals surface area contributed by atoms with Crippen molar-refractivity contribution in [1.29, 1.82) is 0 Å². The van der Waals surface area contributed by atoms with Gasteiger partial charge in [-0.05, 0) is 56.6 Å². The lowest BCUT2D eigenvalue weighted by atomic mass is 9.91. The highest BCUT2D eigenvalue weighted by molar-refractivity contribution is 9.10. The van der Waals surface area contributed by atoms with Crippen molar-refractivity contribution in [2.75, 3.05) is 25.5 Å². The smallest absolute Gasteiger partial charge is 0.256 e. The fourth-order valence-electron chi connectivity index (χ4n) is 2.36. The number of methoxy groups -OCH3 is 1. The molecular weight excluding hydrogens is 344 g/mol. The molecule has 112 valence electrons. The number of halogens is 2. The molecule has 0 spiro atoms. The number of carbonyl (C=O) groups is 1. The van der Waals surface area contributed by atoms with Gasteiger partial charge in [0.1, 0.15) is 5.60 Å². The van der Waals surface area contributed by atoms with E-state index in [1.54, 1.807) is 7.11 Å². The maximum Gasteiger partial charge on any atom is 0.256 e. The quantitative estimate of drug-likeness (QED) is 0.868. The Morgan fingerprint density at radius 2 is 2.05 bits per heavy atom. The normalized spacial score (nSPS) is 17.1. The number of hydrogen-bond donors (Lipinski definition) is 2. The van der Waals surface area contributed by atoms with Crippen molar-refractivity contribution in [3.05, 3.63) is 28.2 Å². The van der Waals surface area contributed by atoms with Crippen molar-refractivity contribution in [2.24, 2.45) is 0 Å². The van der Waals surface area contributed by atoms with E-state index in [4.69, 9.17) is 4.74 Å². The third kappa shape index (κ3) is 3.73. The van der Waals surface area contributed by atoms with Crippen LogP contribution in [0.15, 0.2) is 22.7 Å². The van der Waals surface area contributed by atoms with Crippen molar-refractivity contribution in [3.63, 3.8) is 0 Å². The Balaban J connectivity index is 0.00000200. The topological polar surface area (TPSA) is 50.4 Å². The minimum atomic E-state index is -0.704. The molecule has 1 aromatic carbocycles. The van der Waals surface area contributed by atoms with Gasteiger partial charge in [0.25, 0.3) is 5.91 Å². The van der Waals surface area contributed by atoms with Crippen LogP contribution in [0.3, 0.4) is 0 Å². The van der Waals surface area contributed by atoms with Crippen LogP contribution in [0, 0.1) is 6.92 Å². The molecule has 0 atom stereocenters. The lowest BCUT2D eigenvalue weighted by Crippen LogP contribution is -2.51. The van der Waals surface area contributed by atoms with Gasteiger partial charge in [-0.15, -0.1) is 12.4 Å². The van der Waals surface area contributed by atoms with Gasteiger partial charge in [0.2, 0.25) is 0 Å². The van der Waals surface area contributed by atoms with Crippen LogP contribution in [0.1, 0.15) is 18.4 Å². The zero-order chi connectivity index (χ0) is 13.9. The molecule has 4 nitrogen and oxygen atoms in total. The van der Waals surface area contributed by atoms with Gasteiger partial charge in [-0.3, -0.25) is 4.79 Å². The van der Waals surface area contributed by atoms with Crippen LogP contribution in [0.2, 0.25) is 0 Å². The molecule has 0 radical (unpaired) electrons. The summed E-state index contributed by atoms with van der Waals surface area (Å²) in [5, 5.41) is 6.23. The van der Waals surface area contributed by atoms with Crippen LogP contribution >= 0.6 is 28.3 Å². The third-order valence-electron chi connectivity index (χ3n) is 3.65. The number of aryl methyl sites for hydroxylation is 1. The Morgan fingerprint density at radius 1 is 1.40 bits per heavy atom. The van der Waals surface area contributed by atoms with E-state index in [0.717, 1.165) is 28.8 Å². The zero-order valence-electron chi connectivity index (χ0n) is 11.7. The van der Waals surface area contributed by atoms with Gasteiger partial charge in [0.15, 0.2) is 0 Å². The summed E-state index contributed by atoms with van der Waals surface area (Å²) in [5.41, 5.74) is 1.16. The predicted octanol–water partition coefficient (Wildman–Crippen LogP) is 2.89. The third-order valence-corrected chi connectivity index (χ3v) is 4.15. The zero-order valence-corrected chi connectivity index (χ0v) is 14.1. The average Bonchev–Trinajstić information content (AvgIpc) is 2.42. The monoisotopic (exact) mass is 362 g/mol. The lowest BCUT2D eigenvalue weighted by molar-refractivity contribution is -0.140. The van der Waals surface area contributed by atoms with Crippen molar-refractivity contribution in [1.82, 2.24) is 5.32 Å². The molecule has 1 aliphatic rings. The van der Waals surface area contributed by atoms with Crippen LogP contribution in [0.25, 0.3) is 0 Å². The maximum absolute atomic E-state index is 12.5. The number of piperidine rings is 1. The molecule has 0 unspecified atom stereocenters. The molecule has 0 bridgehead atoms. The Kier molecular flexibility index (Phi) is 6.45. The molecule has 1 fully saturated rings. The molecule has 1 amide bonds. The first-order chi connectivity index (χ1) is 9.07. The van der Waals surface area contributed by atoms with E-state index < -0.39 is 5.60 Å². The first kappa shape index (κ1) is 17.4. The summed E-state index contributed by atoms with van der Waals surface area (Å²) in [6.45, 7) is 3.59. The van der Waals surface area contributed by atoms with Gasteiger partial charge >= 0.3 is 0 Å². The van der Waals surface area contributed by atoms with Gasteiger partial charge in [-0.25, -0.2) is 0 Å². The van der Waals surface area contributed by atoms with Gasteiger partial charge in [-0.2, -0.15) is 0 Å². The first-order valence-corrected chi connectivity index (χ1v) is 7.20. The molecule has 0 aromatic heterocycles. The van der Waals surface area contributed by atoms with Crippen LogP contribution in [0.4, 0.5) is 5.69 Å². The number of carbonyl (C=O) groups excluding carboxylic acids is 1. The summed E-state index contributed by atoms with van der Waals surface area (Å²) in [6.07, 6.45) is 1.40. The SMILES string of the molecule is COC1(C(=O)Nc2ccc(Br)cc2C)CCNCC1.Cl. The molecule has 1 heterocycles. The number of ether oxygens (including phenoxy) is 1. The average molecular weight is 364 g/mol. The number of rotatable bonds is 3. The summed E-state index contributed by atoms with van der Waals surface area (Å²) in [4.78, 5) is 12.5. The molecule has 1 aliphatic heterocycles. The van der Waals surface area contributed by atoms with E-state index in [1.807, 2.05) is 25.1 Å². The largest absolute Gasteiger partial charge is 0.368 e. The Labute approximate surface area is 134 Å². The summed E-state index contributed by atoms with van der Waals surface area (Å²) in [5.74, 6) is -0.0538. The standard InChI is InChI=1S/C14H19BrN2O2.ClH/c1-10-9-11(15)3-4-12(10)17-13(18)14(19-2)5-7-16-8-6-14;/h3-4,9,16H,5-8H2,1-2H3,(H,17,18);1H. The minimum Gasteiger partial charge on any atom is -0.368 e. The summed E-state index contributed by atoms with van der Waals surface area (Å²) in [6, 6.07) is 5.81. The molecular formula is C14H20BrClN2O2. The predicted molar refractivity (Wildman–Crippen MR) is 86.6 cm³/mol. The van der Waals surface area contributed by atoms with Crippen molar-refractivity contribution in [3.8, 4) is 0 Å². The first-order valence-electron chi connectivity index (χ1n) is 6.41. The molecule has 20 heavy (non-hydrogen) atoms. The van der Waals surface area contributed by atoms with Gasteiger partial charge in [-0.1, -0.05) is 15.9 Å². The van der Waals surface area contributed by atoms with E-state index in [1.165, 1.54) is 0 Å². The summed E-state index contributed by atoms with van der Waals surface area (Å²) in [7, 11) is 1.61. The maximum atomic E-state index is 12.5. The molecule has 2 rings (SSSR count). The number of anilines is 1. The fourth-order valence-corrected chi connectivity index (χ4v) is 2.83. The second-order valence-electron chi connectivity index (χ2n) is 4.86. The van der Waals surface area contributed by atoms with E-state index in [2.05, 4.69) is 26.6 Å². The highest BCUT2D eigenvalue weighted by Gasteiger charge is 2.39. The van der Waals surface area contributed by atoms with Crippen molar-refractivity contribution < 1.29 is 9.53 Å². The molecule has 2 N–H and O–H groups in total. The van der Waals surface area contributed by atoms with Gasteiger partial charge < -0.3 is 15.4 Å². The van der Waals surface area contributed by atoms with Gasteiger partial charge in [0.05, 0.1) is 0 Å². The summed E-state index contributed by atoms with van der Waals surface area (Å²) >= 11 is 3.42. The minimum absolute atomic E-state index is 0. The number of benzene rings is 1. The number of nitrogens with one attached hydrogen (secondary N) is 2. The van der Waals surface area contributed by atoms with Crippen LogP contribution in [0.5, 0.6) is 0 Å². The fraction of sp³-hybridized carbons (Fsp3) is 0.500. The van der Waals surface area contributed by atoms with E-state index in [-0.39, 0.29) is 18.3 Å². The molecule has 0 saturated carbocycles. The van der Waals surface area contributed by atoms with Crippen LogP contribution in [-0.4, -0.2) is 31.7 Å². The van der Waals surface area contributed by atoms with E-state index >= 15 is 0 Å². The molecule has 6 heteroatoms. The number of amides is 1. The van der Waals surface area contributed by atoms with E-state index in [9.17, 15) is 4.79 Å². The van der Waals surface area contributed by atoms with Crippen LogP contribution in [-0.2, 0) is 9.53 Å². The molecule has 1 aromatic rings. The van der Waals surface area contributed by atoms with Crippen LogP contribution < -0.4 is 10.6 Å². The van der Waals surface area contributed by atoms with Crippen molar-refractivity contribution in [2.45, 2.75) is 25.4 Å². The highest BCUT2D eigenvalue weighted by Crippen LogP contribution is 2.26. The molecule has 0 aliphatic carbocycles. The highest BCUT2D eigenvalue weighted by atomic mass is 79.9. The Bertz CT molecular complexity index is 476. The second-order valence-corrected chi connectivity index (χ2v) is 5.78. The summed E-state index contributed by atoms with van der Waals surface area (Å²) < 4.78 is 6.52. The van der Waals surface area contributed by atoms with Gasteiger partial charge in [0, 0.05) is 17.3 Å². The number of hydrogen-bond acceptors (Lipinski definition) is 3. The lowest BCUT2D eigenvalue weighted by Gasteiger charge is -2.34. The Hall–Kier alpha value is -0.620. The van der Waals surface area contributed by atoms with Crippen molar-refractivity contribution >= 4 is 39.9 Å². The Morgan fingerprint density at radius 3 is 2.60 bits per heavy atom.